The highest BCUT2D eigenvalue weighted by atomic mass is 16.5. The normalized spacial score (nSPS) is 13.7. The van der Waals surface area contributed by atoms with Gasteiger partial charge in [-0.15, -0.1) is 10.2 Å². The average Bonchev–Trinajstić information content (AvgIpc) is 2.96. The van der Waals surface area contributed by atoms with Gasteiger partial charge in [0.2, 0.25) is 11.7 Å². The highest BCUT2D eigenvalue weighted by Gasteiger charge is 2.22. The largest absolute Gasteiger partial charge is 0.497 e. The van der Waals surface area contributed by atoms with E-state index < -0.39 is 0 Å². The lowest BCUT2D eigenvalue weighted by Gasteiger charge is -2.34. The highest BCUT2D eigenvalue weighted by Crippen LogP contribution is 2.40. The average molecular weight is 524 g/mol. The molecule has 202 valence electrons. The zero-order valence-corrected chi connectivity index (χ0v) is 22.2. The molecule has 1 aliphatic rings. The van der Waals surface area contributed by atoms with Gasteiger partial charge < -0.3 is 28.8 Å². The molecule has 38 heavy (non-hydrogen) atoms. The summed E-state index contributed by atoms with van der Waals surface area (Å²) in [6.07, 6.45) is 0.405. The molecule has 0 bridgehead atoms. The van der Waals surface area contributed by atoms with Gasteiger partial charge in [0.05, 0.1) is 28.4 Å². The van der Waals surface area contributed by atoms with E-state index in [1.165, 1.54) is 26.9 Å². The third kappa shape index (κ3) is 6.23. The second-order valence-corrected chi connectivity index (χ2v) is 8.87. The molecule has 1 amide bonds. The summed E-state index contributed by atoms with van der Waals surface area (Å²) in [4.78, 5) is 32.4. The number of amides is 1. The van der Waals surface area contributed by atoms with Crippen molar-refractivity contribution in [3.8, 4) is 34.4 Å². The molecule has 0 saturated carbocycles. The van der Waals surface area contributed by atoms with Gasteiger partial charge in [-0.05, 0) is 29.8 Å². The zero-order chi connectivity index (χ0) is 27.1. The number of aromatic amines is 1. The van der Waals surface area contributed by atoms with Crippen LogP contribution in [-0.2, 0) is 17.8 Å². The van der Waals surface area contributed by atoms with Crippen LogP contribution in [0, 0.1) is 0 Å². The second-order valence-electron chi connectivity index (χ2n) is 8.87. The SMILES string of the molecule is COc1ccc(CN2CCN(C(=O)CCc3nnc(-c4cc(OC)c(OC)c(OC)c4)[nH]c3=O)CC2)cc1. The number of nitrogens with one attached hydrogen (secondary N) is 1. The van der Waals surface area contributed by atoms with Gasteiger partial charge in [-0.2, -0.15) is 0 Å². The number of rotatable bonds is 10. The van der Waals surface area contributed by atoms with Crippen molar-refractivity contribution in [2.45, 2.75) is 19.4 Å². The van der Waals surface area contributed by atoms with Crippen molar-refractivity contribution in [3.63, 3.8) is 0 Å². The summed E-state index contributed by atoms with van der Waals surface area (Å²) in [5.41, 5.74) is 1.59. The number of benzene rings is 2. The fourth-order valence-electron chi connectivity index (χ4n) is 4.40. The molecule has 2 heterocycles. The highest BCUT2D eigenvalue weighted by molar-refractivity contribution is 5.76. The number of H-pyrrole nitrogens is 1. The standard InChI is InChI=1S/C27H33N5O6/c1-35-20-7-5-18(6-8-20)17-31-11-13-32(14-12-31)24(33)10-9-21-27(34)28-26(30-29-21)19-15-22(36-2)25(38-4)23(16-19)37-3/h5-8,15-16H,9-14,17H2,1-4H3,(H,28,30,34). The van der Waals surface area contributed by atoms with Crippen molar-refractivity contribution in [1.82, 2.24) is 25.0 Å². The monoisotopic (exact) mass is 523 g/mol. The fraction of sp³-hybridized carbons (Fsp3) is 0.407. The Morgan fingerprint density at radius 1 is 0.895 bits per heavy atom. The van der Waals surface area contributed by atoms with Crippen molar-refractivity contribution in [1.29, 1.82) is 0 Å². The van der Waals surface area contributed by atoms with Crippen molar-refractivity contribution >= 4 is 5.91 Å². The van der Waals surface area contributed by atoms with Crippen LogP contribution < -0.4 is 24.5 Å². The van der Waals surface area contributed by atoms with Crippen LogP contribution >= 0.6 is 0 Å². The second kappa shape index (κ2) is 12.4. The maximum atomic E-state index is 12.8. The summed E-state index contributed by atoms with van der Waals surface area (Å²) in [6.45, 7) is 3.72. The molecular formula is C27H33N5O6. The Morgan fingerprint density at radius 2 is 1.55 bits per heavy atom. The van der Waals surface area contributed by atoms with Crippen LogP contribution in [0.3, 0.4) is 0 Å². The van der Waals surface area contributed by atoms with Gasteiger partial charge in [0.15, 0.2) is 17.3 Å². The number of aromatic nitrogens is 3. The molecule has 11 heteroatoms. The number of carbonyl (C=O) groups is 1. The lowest BCUT2D eigenvalue weighted by atomic mass is 10.1. The van der Waals surface area contributed by atoms with Gasteiger partial charge >= 0.3 is 0 Å². The molecule has 1 aromatic heterocycles. The van der Waals surface area contributed by atoms with Gasteiger partial charge in [0.1, 0.15) is 11.4 Å². The molecule has 0 atom stereocenters. The van der Waals surface area contributed by atoms with E-state index in [0.717, 1.165) is 25.4 Å². The van der Waals surface area contributed by atoms with Crippen molar-refractivity contribution in [3.05, 3.63) is 58.0 Å². The van der Waals surface area contributed by atoms with Crippen LogP contribution in [0.25, 0.3) is 11.4 Å². The molecule has 1 N–H and O–H groups in total. The Balaban J connectivity index is 1.32. The minimum Gasteiger partial charge on any atom is -0.497 e. The first-order valence-electron chi connectivity index (χ1n) is 12.3. The van der Waals surface area contributed by atoms with E-state index in [0.29, 0.717) is 35.9 Å². The van der Waals surface area contributed by atoms with E-state index in [9.17, 15) is 9.59 Å². The molecule has 0 radical (unpaired) electrons. The van der Waals surface area contributed by atoms with E-state index >= 15 is 0 Å². The van der Waals surface area contributed by atoms with E-state index in [2.05, 4.69) is 32.2 Å². The minimum atomic E-state index is -0.388. The van der Waals surface area contributed by atoms with E-state index in [4.69, 9.17) is 18.9 Å². The Bertz CT molecular complexity index is 1280. The number of piperazine rings is 1. The molecule has 1 saturated heterocycles. The minimum absolute atomic E-state index is 0.00370. The van der Waals surface area contributed by atoms with Crippen molar-refractivity contribution in [2.24, 2.45) is 0 Å². The van der Waals surface area contributed by atoms with Gasteiger partial charge in [-0.1, -0.05) is 12.1 Å². The Morgan fingerprint density at radius 3 is 2.11 bits per heavy atom. The number of aryl methyl sites for hydroxylation is 1. The molecular weight excluding hydrogens is 490 g/mol. The number of methoxy groups -OCH3 is 4. The number of hydrogen-bond donors (Lipinski definition) is 1. The molecule has 2 aromatic carbocycles. The molecule has 1 aliphatic heterocycles. The number of ether oxygens (including phenoxy) is 4. The predicted octanol–water partition coefficient (Wildman–Crippen LogP) is 2.14. The molecule has 0 unspecified atom stereocenters. The van der Waals surface area contributed by atoms with E-state index in [1.54, 1.807) is 19.2 Å². The third-order valence-corrected chi connectivity index (χ3v) is 6.57. The molecule has 0 spiro atoms. The van der Waals surface area contributed by atoms with E-state index in [-0.39, 0.29) is 35.8 Å². The smallest absolute Gasteiger partial charge is 0.273 e. The predicted molar refractivity (Wildman–Crippen MR) is 141 cm³/mol. The molecule has 3 aromatic rings. The maximum absolute atomic E-state index is 12.8. The quantitative estimate of drug-likeness (QED) is 0.426. The summed E-state index contributed by atoms with van der Waals surface area (Å²) >= 11 is 0. The first-order chi connectivity index (χ1) is 18.4. The first kappa shape index (κ1) is 26.9. The summed E-state index contributed by atoms with van der Waals surface area (Å²) < 4.78 is 21.3. The maximum Gasteiger partial charge on any atom is 0.273 e. The molecule has 0 aliphatic carbocycles. The van der Waals surface area contributed by atoms with Gasteiger partial charge in [0, 0.05) is 51.1 Å². The zero-order valence-electron chi connectivity index (χ0n) is 22.2. The third-order valence-electron chi connectivity index (χ3n) is 6.57. The summed E-state index contributed by atoms with van der Waals surface area (Å²) in [7, 11) is 6.19. The van der Waals surface area contributed by atoms with Crippen molar-refractivity contribution < 1.29 is 23.7 Å². The molecule has 1 fully saturated rings. The molecule has 4 rings (SSSR count). The number of nitrogens with zero attached hydrogens (tertiary/aromatic N) is 4. The van der Waals surface area contributed by atoms with Crippen LogP contribution in [0.4, 0.5) is 0 Å². The number of hydrogen-bond acceptors (Lipinski definition) is 9. The van der Waals surface area contributed by atoms with Gasteiger partial charge in [-0.3, -0.25) is 14.5 Å². The summed E-state index contributed by atoms with van der Waals surface area (Å²) in [6, 6.07) is 11.4. The summed E-state index contributed by atoms with van der Waals surface area (Å²) in [5, 5.41) is 8.27. The number of carbonyl (C=O) groups excluding carboxylic acids is 1. The fourth-order valence-corrected chi connectivity index (χ4v) is 4.40. The topological polar surface area (TPSA) is 119 Å². The van der Waals surface area contributed by atoms with Crippen molar-refractivity contribution in [2.75, 3.05) is 54.6 Å². The Labute approximate surface area is 221 Å². The lowest BCUT2D eigenvalue weighted by Crippen LogP contribution is -2.48. The van der Waals surface area contributed by atoms with Crippen LogP contribution in [0.15, 0.2) is 41.2 Å². The van der Waals surface area contributed by atoms with Gasteiger partial charge in [-0.25, -0.2) is 0 Å². The van der Waals surface area contributed by atoms with E-state index in [1.807, 2.05) is 17.0 Å². The van der Waals surface area contributed by atoms with Crippen LogP contribution in [0.2, 0.25) is 0 Å². The lowest BCUT2D eigenvalue weighted by molar-refractivity contribution is -0.133. The van der Waals surface area contributed by atoms with Crippen LogP contribution in [0.1, 0.15) is 17.7 Å². The van der Waals surface area contributed by atoms with Crippen LogP contribution in [0.5, 0.6) is 23.0 Å². The molecule has 11 nitrogen and oxygen atoms in total. The summed E-state index contributed by atoms with van der Waals surface area (Å²) in [5.74, 6) is 2.40. The Hall–Kier alpha value is -4.12. The Kier molecular flexibility index (Phi) is 8.80. The van der Waals surface area contributed by atoms with Crippen LogP contribution in [-0.4, -0.2) is 85.5 Å². The van der Waals surface area contributed by atoms with Gasteiger partial charge in [0.25, 0.3) is 5.56 Å². The first-order valence-corrected chi connectivity index (χ1v) is 12.3.